The molecule has 15 heteroatoms. The van der Waals surface area contributed by atoms with Crippen molar-refractivity contribution in [2.45, 2.75) is 31.6 Å². The number of hydrogen-bond donors (Lipinski definition) is 3. The van der Waals surface area contributed by atoms with Crippen LogP contribution in [0.1, 0.15) is 29.3 Å². The Bertz CT molecular complexity index is 1460. The van der Waals surface area contributed by atoms with E-state index < -0.39 is 24.3 Å². The number of nitrogens with zero attached hydrogens (tertiary/aromatic N) is 5. The zero-order chi connectivity index (χ0) is 30.6. The molecule has 228 valence electrons. The number of amides is 3. The van der Waals surface area contributed by atoms with Gasteiger partial charge in [0, 0.05) is 44.5 Å². The molecule has 5 aliphatic heterocycles. The molecule has 2 aromatic carbocycles. The van der Waals surface area contributed by atoms with Crippen molar-refractivity contribution in [2.24, 2.45) is 0 Å². The van der Waals surface area contributed by atoms with Gasteiger partial charge in [-0.15, -0.1) is 0 Å². The first-order chi connectivity index (χ1) is 20.5. The summed E-state index contributed by atoms with van der Waals surface area (Å²) in [4.78, 5) is 41.4. The van der Waals surface area contributed by atoms with E-state index in [9.17, 15) is 22.8 Å². The lowest BCUT2D eigenvalue weighted by Gasteiger charge is -2.30. The molecule has 3 aromatic rings. The molecule has 1 aromatic heterocycles. The van der Waals surface area contributed by atoms with Crippen molar-refractivity contribution >= 4 is 29.5 Å². The molecule has 1 saturated heterocycles. The minimum absolute atomic E-state index is 0.00176. The van der Waals surface area contributed by atoms with Crippen molar-refractivity contribution in [1.82, 2.24) is 30.1 Å². The average Bonchev–Trinajstić information content (AvgIpc) is 3.20. The van der Waals surface area contributed by atoms with Crippen LogP contribution in [0.2, 0.25) is 0 Å². The van der Waals surface area contributed by atoms with E-state index in [2.05, 4.69) is 30.9 Å². The van der Waals surface area contributed by atoms with Crippen LogP contribution in [0, 0.1) is 0 Å². The Balaban J connectivity index is 1.39. The number of anilines is 3. The molecule has 6 heterocycles. The van der Waals surface area contributed by atoms with Gasteiger partial charge < -0.3 is 35.2 Å². The predicted molar refractivity (Wildman–Crippen MR) is 150 cm³/mol. The Morgan fingerprint density at radius 1 is 1.00 bits per heavy atom. The van der Waals surface area contributed by atoms with Gasteiger partial charge in [0.15, 0.2) is 6.61 Å². The molecule has 43 heavy (non-hydrogen) atoms. The van der Waals surface area contributed by atoms with Crippen LogP contribution in [0.15, 0.2) is 48.5 Å². The lowest BCUT2D eigenvalue weighted by molar-refractivity contribution is -0.154. The molecule has 0 spiro atoms. The molecule has 0 saturated carbocycles. The highest BCUT2D eigenvalue weighted by Gasteiger charge is 2.44. The third kappa shape index (κ3) is 7.53. The molecule has 3 N–H and O–H groups in total. The summed E-state index contributed by atoms with van der Waals surface area (Å²) in [6, 6.07) is 13.0. The lowest BCUT2D eigenvalue weighted by atomic mass is 10.0. The van der Waals surface area contributed by atoms with Gasteiger partial charge in [-0.25, -0.2) is 4.79 Å². The Hall–Kier alpha value is -4.82. The van der Waals surface area contributed by atoms with Crippen molar-refractivity contribution in [3.8, 4) is 11.8 Å². The fourth-order valence-electron chi connectivity index (χ4n) is 4.62. The normalized spacial score (nSPS) is 19.7. The van der Waals surface area contributed by atoms with Crippen LogP contribution >= 0.6 is 0 Å². The van der Waals surface area contributed by atoms with Crippen LogP contribution in [0.3, 0.4) is 0 Å². The van der Waals surface area contributed by atoms with Crippen LogP contribution in [0.4, 0.5) is 35.5 Å². The predicted octanol–water partition coefficient (Wildman–Crippen LogP) is 3.81. The highest BCUT2D eigenvalue weighted by atomic mass is 19.4. The zero-order valence-electron chi connectivity index (χ0n) is 23.6. The van der Waals surface area contributed by atoms with Crippen LogP contribution in [0.5, 0.6) is 11.8 Å². The molecule has 8 bridgehead atoms. The van der Waals surface area contributed by atoms with Crippen molar-refractivity contribution in [1.29, 1.82) is 0 Å². The third-order valence-electron chi connectivity index (χ3n) is 7.13. The van der Waals surface area contributed by atoms with E-state index in [4.69, 9.17) is 9.47 Å². The van der Waals surface area contributed by atoms with E-state index >= 15 is 0 Å². The Morgan fingerprint density at radius 3 is 2.44 bits per heavy atom. The summed E-state index contributed by atoms with van der Waals surface area (Å²) < 4.78 is 49.0. The van der Waals surface area contributed by atoms with Gasteiger partial charge in [0.25, 0.3) is 5.91 Å². The monoisotopic (exact) mass is 600 g/mol. The molecule has 8 rings (SSSR count). The van der Waals surface area contributed by atoms with E-state index in [-0.39, 0.29) is 36.9 Å². The van der Waals surface area contributed by atoms with Gasteiger partial charge in [-0.2, -0.15) is 28.1 Å². The van der Waals surface area contributed by atoms with Crippen LogP contribution in [0.25, 0.3) is 0 Å². The van der Waals surface area contributed by atoms with Crippen LogP contribution in [-0.2, 0) is 6.54 Å². The lowest BCUT2D eigenvalue weighted by Crippen LogP contribution is -2.51. The van der Waals surface area contributed by atoms with Gasteiger partial charge in [0.05, 0.1) is 12.1 Å². The molecule has 3 amide bonds. The number of likely N-dealkylation sites (N-methyl/N-ethyl adjacent to an activating group) is 1. The number of nitrogens with one attached hydrogen (secondary N) is 3. The SMILES string of the molecule is CN1C(=O)N2CCCOc3ccc(cc3)CNc3nc(nc(OCC(F)(F)F)n3)Nc3ccc(cc3)C(=O)NCC1(C)C2. The number of benzene rings is 2. The maximum Gasteiger partial charge on any atom is 0.422 e. The standard InChI is InChI=1S/C28H31F3N8O4/c1-27-15-33-22(40)19-6-8-20(9-7-19)34-24-35-23(36-25(37-24)43-17-28(29,30)31)32-14-18-4-10-21(11-5-18)42-13-3-12-39(16-27)26(41)38(27)2/h4-11H,3,12-17H2,1-2H3,(H,33,40)(H2,32,34,35,36,37). The number of ether oxygens (including phenoxy) is 2. The highest BCUT2D eigenvalue weighted by Crippen LogP contribution is 2.25. The maximum absolute atomic E-state index is 12.9. The van der Waals surface area contributed by atoms with Crippen molar-refractivity contribution in [3.63, 3.8) is 0 Å². The number of urea groups is 1. The van der Waals surface area contributed by atoms with Gasteiger partial charge in [-0.05, 0) is 55.3 Å². The molecule has 5 aliphatic rings. The average molecular weight is 601 g/mol. The molecule has 0 aliphatic carbocycles. The highest BCUT2D eigenvalue weighted by molar-refractivity contribution is 5.94. The smallest absolute Gasteiger partial charge is 0.422 e. The first-order valence-electron chi connectivity index (χ1n) is 13.6. The zero-order valence-corrected chi connectivity index (χ0v) is 23.6. The third-order valence-corrected chi connectivity index (χ3v) is 7.13. The summed E-state index contributed by atoms with van der Waals surface area (Å²) in [6.07, 6.45) is -3.96. The number of hydrogen-bond acceptors (Lipinski definition) is 9. The number of halogens is 3. The van der Waals surface area contributed by atoms with Crippen LogP contribution in [-0.4, -0.2) is 88.3 Å². The van der Waals surface area contributed by atoms with Crippen molar-refractivity contribution in [2.75, 3.05) is 50.5 Å². The second kappa shape index (κ2) is 12.2. The molecular formula is C28H31F3N8O4. The van der Waals surface area contributed by atoms with E-state index in [0.717, 1.165) is 5.56 Å². The van der Waals surface area contributed by atoms with Crippen LogP contribution < -0.4 is 25.4 Å². The summed E-state index contributed by atoms with van der Waals surface area (Å²) in [7, 11) is 1.72. The number of alkyl halides is 3. The van der Waals surface area contributed by atoms with E-state index in [1.54, 1.807) is 53.2 Å². The number of rotatable bonds is 2. The molecule has 1 atom stereocenters. The summed E-state index contributed by atoms with van der Waals surface area (Å²) in [6.45, 7) is 2.22. The fourth-order valence-corrected chi connectivity index (χ4v) is 4.62. The van der Waals surface area contributed by atoms with Gasteiger partial charge >= 0.3 is 18.2 Å². The topological polar surface area (TPSA) is 134 Å². The fraction of sp³-hybridized carbons (Fsp3) is 0.393. The molecule has 1 unspecified atom stereocenters. The van der Waals surface area contributed by atoms with Gasteiger partial charge in [-0.3, -0.25) is 4.79 Å². The Labute approximate surface area is 245 Å². The maximum atomic E-state index is 12.9. The summed E-state index contributed by atoms with van der Waals surface area (Å²) in [5, 5.41) is 8.80. The van der Waals surface area contributed by atoms with Gasteiger partial charge in [-0.1, -0.05) is 12.1 Å². The van der Waals surface area contributed by atoms with Gasteiger partial charge in [0.1, 0.15) is 5.75 Å². The summed E-state index contributed by atoms with van der Waals surface area (Å²) >= 11 is 0. The van der Waals surface area contributed by atoms with E-state index in [1.807, 2.05) is 19.1 Å². The second-order valence-corrected chi connectivity index (χ2v) is 10.5. The molecular weight excluding hydrogens is 569 g/mol. The molecule has 12 nitrogen and oxygen atoms in total. The Kier molecular flexibility index (Phi) is 8.41. The Morgan fingerprint density at radius 2 is 1.72 bits per heavy atom. The van der Waals surface area contributed by atoms with E-state index in [1.165, 1.54) is 0 Å². The minimum Gasteiger partial charge on any atom is -0.494 e. The quantitative estimate of drug-likeness (QED) is 0.402. The first-order valence-corrected chi connectivity index (χ1v) is 13.6. The van der Waals surface area contributed by atoms with Crippen molar-refractivity contribution < 1.29 is 32.2 Å². The minimum atomic E-state index is -4.58. The largest absolute Gasteiger partial charge is 0.494 e. The number of carbonyl (C=O) groups excluding carboxylic acids is 2. The number of aromatic nitrogens is 3. The molecule has 1 fully saturated rings. The van der Waals surface area contributed by atoms with Crippen molar-refractivity contribution in [3.05, 3.63) is 59.7 Å². The molecule has 0 radical (unpaired) electrons. The second-order valence-electron chi connectivity index (χ2n) is 10.5. The summed E-state index contributed by atoms with van der Waals surface area (Å²) in [5.41, 5.74) is 1.09. The van der Waals surface area contributed by atoms with Gasteiger partial charge in [0.2, 0.25) is 11.9 Å². The number of carbonyl (C=O) groups is 2. The van der Waals surface area contributed by atoms with E-state index in [0.29, 0.717) is 43.1 Å². The summed E-state index contributed by atoms with van der Waals surface area (Å²) in [5.74, 6) is 0.264. The first kappa shape index (κ1) is 29.7.